The van der Waals surface area contributed by atoms with E-state index < -0.39 is 47.7 Å². The van der Waals surface area contributed by atoms with Crippen molar-refractivity contribution in [3.8, 4) is 0 Å². The molecule has 20 heteroatoms. The van der Waals surface area contributed by atoms with Gasteiger partial charge in [0.2, 0.25) is 11.8 Å². The molecule has 5 amide bonds. The van der Waals surface area contributed by atoms with Gasteiger partial charge in [-0.15, -0.1) is 0 Å². The van der Waals surface area contributed by atoms with E-state index in [1.165, 1.54) is 16.9 Å². The summed E-state index contributed by atoms with van der Waals surface area (Å²) in [5.41, 5.74) is 1.07. The Morgan fingerprint density at radius 2 is 1.75 bits per heavy atom. The SMILES string of the molecule is O=C1CCC(N2C(=O)c3cccc(NCCCOC4CCN(C[C@H]5CC[C@H](n6cc(NC(=O)c7cnn8ccc(N9CC%10CC(C9)O%10)nc78)c(C(F)F)n6)CC5)CC4)c3C2=O)C(=O)N1. The maximum Gasteiger partial charge on any atom is 0.284 e. The van der Waals surface area contributed by atoms with Crippen LogP contribution in [-0.2, 0) is 19.1 Å². The summed E-state index contributed by atoms with van der Waals surface area (Å²) in [7, 11) is 0. The van der Waals surface area contributed by atoms with E-state index in [4.69, 9.17) is 14.5 Å². The third-order valence-electron chi connectivity index (χ3n) is 13.6. The van der Waals surface area contributed by atoms with Crippen LogP contribution < -0.4 is 20.9 Å². The Kier molecular flexibility index (Phi) is 11.6. The van der Waals surface area contributed by atoms with Gasteiger partial charge in [0, 0.05) is 76.8 Å². The maximum atomic E-state index is 14.3. The van der Waals surface area contributed by atoms with Crippen LogP contribution in [0.3, 0.4) is 0 Å². The Balaban J connectivity index is 0.656. The predicted molar refractivity (Wildman–Crippen MR) is 226 cm³/mol. The lowest BCUT2D eigenvalue weighted by Gasteiger charge is -2.47. The molecule has 1 aromatic carbocycles. The molecule has 3 N–H and O–H groups in total. The van der Waals surface area contributed by atoms with E-state index in [1.54, 1.807) is 29.1 Å². The lowest BCUT2D eigenvalue weighted by molar-refractivity contribution is -0.136. The number of anilines is 3. The first-order valence-corrected chi connectivity index (χ1v) is 22.4. The monoisotopic (exact) mass is 883 g/mol. The smallest absolute Gasteiger partial charge is 0.284 e. The molecule has 6 aliphatic heterocycles. The highest BCUT2D eigenvalue weighted by Crippen LogP contribution is 2.37. The highest BCUT2D eigenvalue weighted by Gasteiger charge is 2.46. The van der Waals surface area contributed by atoms with E-state index in [2.05, 4.69) is 35.9 Å². The van der Waals surface area contributed by atoms with Gasteiger partial charge in [0.05, 0.1) is 47.4 Å². The Hall–Kier alpha value is -5.86. The van der Waals surface area contributed by atoms with Gasteiger partial charge >= 0.3 is 0 Å². The number of piperidine rings is 3. The summed E-state index contributed by atoms with van der Waals surface area (Å²) in [4.78, 5) is 74.4. The van der Waals surface area contributed by atoms with Crippen LogP contribution in [0.1, 0.15) is 113 Å². The maximum absolute atomic E-state index is 14.3. The van der Waals surface area contributed by atoms with Crippen LogP contribution >= 0.6 is 0 Å². The number of halogens is 2. The van der Waals surface area contributed by atoms with Crippen molar-refractivity contribution in [1.29, 1.82) is 0 Å². The minimum Gasteiger partial charge on any atom is -0.384 e. The highest BCUT2D eigenvalue weighted by molar-refractivity contribution is 6.25. The molecule has 338 valence electrons. The summed E-state index contributed by atoms with van der Waals surface area (Å²) in [6.07, 6.45) is 9.55. The normalized spacial score (nSPS) is 25.2. The molecule has 9 heterocycles. The molecule has 3 aromatic heterocycles. The second-order valence-electron chi connectivity index (χ2n) is 17.8. The molecule has 7 aliphatic rings. The third-order valence-corrected chi connectivity index (χ3v) is 13.6. The average molecular weight is 884 g/mol. The second kappa shape index (κ2) is 17.6. The number of hydrogen-bond donors (Lipinski definition) is 3. The van der Waals surface area contributed by atoms with Gasteiger partial charge in [-0.25, -0.2) is 18.3 Å². The molecule has 4 aromatic rings. The number of aromatic nitrogens is 5. The van der Waals surface area contributed by atoms with Gasteiger partial charge in [0.25, 0.3) is 24.1 Å². The standard InChI is InChI=1S/C44H51F2N11O7/c45-39(46)38-33(49-41(59)31-20-48-55-17-13-35(50-40(31)55)54-22-28-19-29(23-54)64-28)24-56(52-38)26-7-5-25(6-8-26)21-53-15-11-27(12-16-53)63-18-2-14-47-32-4-1-3-30-37(32)44(62)57(43(30)61)34-9-10-36(58)51-42(34)60/h1,3-4,13,17,20,24-29,34,39,47H,2,5-12,14-16,18-19,21-23H2,(H,49,59)(H,51,58,60)/t25-,26-,28?,29?,34?. The number of amides is 5. The van der Waals surface area contributed by atoms with Crippen molar-refractivity contribution < 1.29 is 42.2 Å². The molecule has 2 bridgehead atoms. The number of rotatable bonds is 14. The fourth-order valence-electron chi connectivity index (χ4n) is 10.2. The molecule has 5 saturated heterocycles. The van der Waals surface area contributed by atoms with Crippen LogP contribution in [-0.4, -0.2) is 134 Å². The van der Waals surface area contributed by atoms with Crippen molar-refractivity contribution in [2.24, 2.45) is 5.92 Å². The predicted octanol–water partition coefficient (Wildman–Crippen LogP) is 4.21. The number of carbonyl (C=O) groups excluding carboxylic acids is 5. The summed E-state index contributed by atoms with van der Waals surface area (Å²) in [6.45, 7) is 5.33. The Bertz CT molecular complexity index is 2450. The lowest BCUT2D eigenvalue weighted by atomic mass is 9.85. The van der Waals surface area contributed by atoms with Crippen LogP contribution in [0.4, 0.5) is 26.0 Å². The molecule has 1 saturated carbocycles. The van der Waals surface area contributed by atoms with E-state index in [0.29, 0.717) is 42.6 Å². The number of nitrogens with one attached hydrogen (secondary N) is 3. The number of benzene rings is 1. The molecule has 6 fully saturated rings. The molecule has 1 aliphatic carbocycles. The van der Waals surface area contributed by atoms with E-state index in [-0.39, 0.29) is 59.6 Å². The van der Waals surface area contributed by atoms with Gasteiger partial charge in [0.1, 0.15) is 17.4 Å². The van der Waals surface area contributed by atoms with E-state index in [1.807, 2.05) is 6.07 Å². The molecule has 3 unspecified atom stereocenters. The number of alkyl halides is 2. The average Bonchev–Trinajstić information content (AvgIpc) is 3.98. The minimum atomic E-state index is -2.87. The third kappa shape index (κ3) is 8.33. The minimum absolute atomic E-state index is 0.0131. The van der Waals surface area contributed by atoms with Crippen LogP contribution in [0, 0.1) is 5.92 Å². The van der Waals surface area contributed by atoms with Crippen molar-refractivity contribution in [1.82, 2.24) is 39.5 Å². The number of likely N-dealkylation sites (tertiary alicyclic amines) is 1. The zero-order valence-corrected chi connectivity index (χ0v) is 35.3. The van der Waals surface area contributed by atoms with Crippen LogP contribution in [0.2, 0.25) is 0 Å². The Morgan fingerprint density at radius 1 is 0.969 bits per heavy atom. The summed E-state index contributed by atoms with van der Waals surface area (Å²) in [5.74, 6) is -1.51. The molecular weight excluding hydrogens is 833 g/mol. The van der Waals surface area contributed by atoms with E-state index in [0.717, 1.165) is 82.6 Å². The van der Waals surface area contributed by atoms with Gasteiger partial charge in [-0.05, 0) is 75.5 Å². The molecule has 0 spiro atoms. The molecular formula is C44H51F2N11O7. The number of nitrogens with zero attached hydrogens (tertiary/aromatic N) is 8. The first-order valence-electron chi connectivity index (χ1n) is 22.4. The number of hydrogen-bond acceptors (Lipinski definition) is 13. The molecule has 0 radical (unpaired) electrons. The number of ether oxygens (including phenoxy) is 2. The van der Waals surface area contributed by atoms with Gasteiger partial charge < -0.3 is 29.9 Å². The fourth-order valence-corrected chi connectivity index (χ4v) is 10.2. The van der Waals surface area contributed by atoms with Crippen molar-refractivity contribution in [3.05, 3.63) is 65.2 Å². The first-order chi connectivity index (χ1) is 31.1. The van der Waals surface area contributed by atoms with Crippen LogP contribution in [0.15, 0.2) is 42.9 Å². The zero-order chi connectivity index (χ0) is 44.1. The first kappa shape index (κ1) is 42.1. The topological polar surface area (TPSA) is 198 Å². The number of imide groups is 2. The highest BCUT2D eigenvalue weighted by atomic mass is 19.3. The van der Waals surface area contributed by atoms with Gasteiger partial charge in [-0.1, -0.05) is 6.07 Å². The van der Waals surface area contributed by atoms with Gasteiger partial charge in [-0.2, -0.15) is 10.2 Å². The Labute approximate surface area is 367 Å². The largest absolute Gasteiger partial charge is 0.384 e. The van der Waals surface area contributed by atoms with Crippen LogP contribution in [0.25, 0.3) is 5.65 Å². The summed E-state index contributed by atoms with van der Waals surface area (Å²) in [5, 5.41) is 16.7. The van der Waals surface area contributed by atoms with Crippen molar-refractivity contribution >= 4 is 52.4 Å². The fraction of sp³-hybridized carbons (Fsp3) is 0.545. The van der Waals surface area contributed by atoms with E-state index >= 15 is 0 Å². The lowest BCUT2D eigenvalue weighted by Crippen LogP contribution is -2.57. The van der Waals surface area contributed by atoms with Crippen molar-refractivity contribution in [2.75, 3.05) is 61.4 Å². The number of morpholine rings is 1. The Morgan fingerprint density at radius 3 is 2.50 bits per heavy atom. The quantitative estimate of drug-likeness (QED) is 0.120. The molecule has 18 nitrogen and oxygen atoms in total. The summed E-state index contributed by atoms with van der Waals surface area (Å²) < 4.78 is 43.6. The molecule has 11 rings (SSSR count). The van der Waals surface area contributed by atoms with E-state index in [9.17, 15) is 32.8 Å². The van der Waals surface area contributed by atoms with Gasteiger partial charge in [0.15, 0.2) is 11.3 Å². The second-order valence-corrected chi connectivity index (χ2v) is 17.8. The van der Waals surface area contributed by atoms with Gasteiger partial charge in [-0.3, -0.25) is 38.9 Å². The molecule has 64 heavy (non-hydrogen) atoms. The zero-order valence-electron chi connectivity index (χ0n) is 35.3. The number of fused-ring (bicyclic) bond motifs is 4. The van der Waals surface area contributed by atoms with Crippen LogP contribution in [0.5, 0.6) is 0 Å². The molecule has 3 atom stereocenters. The summed E-state index contributed by atoms with van der Waals surface area (Å²) >= 11 is 0. The van der Waals surface area contributed by atoms with Crippen molar-refractivity contribution in [2.45, 2.75) is 101 Å². The summed E-state index contributed by atoms with van der Waals surface area (Å²) in [6, 6.07) is 5.81. The van der Waals surface area contributed by atoms with Crippen molar-refractivity contribution in [3.63, 3.8) is 0 Å². The number of carbonyl (C=O) groups is 5.